The van der Waals surface area contributed by atoms with Crippen LogP contribution < -0.4 is 5.32 Å². The van der Waals surface area contributed by atoms with E-state index >= 15 is 0 Å². The first-order chi connectivity index (χ1) is 7.59. The van der Waals surface area contributed by atoms with Crippen LogP contribution in [0.25, 0.3) is 0 Å². The van der Waals surface area contributed by atoms with Gasteiger partial charge in [-0.25, -0.2) is 0 Å². The van der Waals surface area contributed by atoms with Crippen LogP contribution in [-0.2, 0) is 0 Å². The highest BCUT2D eigenvalue weighted by Crippen LogP contribution is 2.20. The first-order valence-electron chi connectivity index (χ1n) is 6.36. The van der Waals surface area contributed by atoms with Gasteiger partial charge in [0.15, 0.2) is 0 Å². The lowest BCUT2D eigenvalue weighted by molar-refractivity contribution is 0.442. The Balaban J connectivity index is 2.19. The molecule has 0 aliphatic heterocycles. The van der Waals surface area contributed by atoms with Crippen LogP contribution in [0, 0.1) is 5.92 Å². The summed E-state index contributed by atoms with van der Waals surface area (Å²) in [5, 5.41) is 5.79. The molecule has 0 aliphatic rings. The van der Waals surface area contributed by atoms with Gasteiger partial charge in [0.25, 0.3) is 0 Å². The summed E-state index contributed by atoms with van der Waals surface area (Å²) in [5.74, 6) is 1.46. The van der Waals surface area contributed by atoms with Crippen LogP contribution in [0.3, 0.4) is 0 Å². The molecule has 0 aromatic carbocycles. The summed E-state index contributed by atoms with van der Waals surface area (Å²) >= 11 is 1.86. The highest BCUT2D eigenvalue weighted by Gasteiger charge is 2.08. The summed E-state index contributed by atoms with van der Waals surface area (Å²) in [6, 6.07) is 5.01. The largest absolute Gasteiger partial charge is 0.314 e. The van der Waals surface area contributed by atoms with Gasteiger partial charge in [-0.1, -0.05) is 26.8 Å². The molecular formula is C14H25NS. The van der Waals surface area contributed by atoms with E-state index in [1.165, 1.54) is 17.7 Å². The van der Waals surface area contributed by atoms with Gasteiger partial charge in [-0.05, 0) is 37.1 Å². The summed E-state index contributed by atoms with van der Waals surface area (Å²) in [4.78, 5) is 1.49. The van der Waals surface area contributed by atoms with Crippen LogP contribution in [0.4, 0.5) is 0 Å². The molecule has 1 nitrogen and oxygen atoms in total. The van der Waals surface area contributed by atoms with Crippen LogP contribution in [0.5, 0.6) is 0 Å². The van der Waals surface area contributed by atoms with E-state index in [1.54, 1.807) is 0 Å². The quantitative estimate of drug-likeness (QED) is 0.749. The fraction of sp³-hybridized carbons (Fsp3) is 0.714. The van der Waals surface area contributed by atoms with Crippen molar-refractivity contribution in [2.75, 3.05) is 6.54 Å². The number of rotatable bonds is 7. The smallest absolute Gasteiger partial charge is 0.00860 e. The molecule has 0 radical (unpaired) electrons. The maximum absolute atomic E-state index is 3.63. The maximum atomic E-state index is 3.63. The van der Waals surface area contributed by atoms with E-state index in [4.69, 9.17) is 0 Å². The number of hydrogen-bond acceptors (Lipinski definition) is 2. The van der Waals surface area contributed by atoms with E-state index in [2.05, 4.69) is 50.5 Å². The maximum Gasteiger partial charge on any atom is 0.00860 e. The molecule has 0 amide bonds. The van der Waals surface area contributed by atoms with Gasteiger partial charge in [0.05, 0.1) is 0 Å². The minimum absolute atomic E-state index is 0.640. The zero-order valence-corrected chi connectivity index (χ0v) is 11.8. The monoisotopic (exact) mass is 239 g/mol. The summed E-state index contributed by atoms with van der Waals surface area (Å²) in [6.07, 6.45) is 2.61. The van der Waals surface area contributed by atoms with Gasteiger partial charge in [-0.3, -0.25) is 0 Å². The third-order valence-electron chi connectivity index (χ3n) is 2.98. The summed E-state index contributed by atoms with van der Waals surface area (Å²) in [5.41, 5.74) is 0. The third kappa shape index (κ3) is 5.13. The number of thiophene rings is 1. The highest BCUT2D eigenvalue weighted by molar-refractivity contribution is 7.10. The predicted molar refractivity (Wildman–Crippen MR) is 74.3 cm³/mol. The van der Waals surface area contributed by atoms with Crippen LogP contribution in [0.2, 0.25) is 0 Å². The molecule has 1 aromatic heterocycles. The van der Waals surface area contributed by atoms with Crippen molar-refractivity contribution >= 4 is 11.3 Å². The molecule has 1 rings (SSSR count). The Kier molecular flexibility index (Phi) is 6.07. The molecule has 0 bridgehead atoms. The second-order valence-electron chi connectivity index (χ2n) is 5.20. The van der Waals surface area contributed by atoms with Crippen molar-refractivity contribution in [3.05, 3.63) is 22.4 Å². The van der Waals surface area contributed by atoms with Gasteiger partial charge in [-0.15, -0.1) is 11.3 Å². The minimum Gasteiger partial charge on any atom is -0.314 e. The molecule has 0 spiro atoms. The Bertz CT molecular complexity index is 266. The van der Waals surface area contributed by atoms with Crippen molar-refractivity contribution in [2.45, 2.75) is 52.5 Å². The van der Waals surface area contributed by atoms with Crippen LogP contribution in [0.15, 0.2) is 17.5 Å². The minimum atomic E-state index is 0.640. The van der Waals surface area contributed by atoms with Crippen LogP contribution in [0.1, 0.15) is 51.3 Å². The van der Waals surface area contributed by atoms with Crippen molar-refractivity contribution in [1.29, 1.82) is 0 Å². The first-order valence-corrected chi connectivity index (χ1v) is 7.24. The Morgan fingerprint density at radius 2 is 1.94 bits per heavy atom. The molecule has 0 fully saturated rings. The van der Waals surface area contributed by atoms with E-state index in [0.717, 1.165) is 12.5 Å². The normalized spacial score (nSPS) is 15.3. The SMILES string of the molecule is CC(C)CCC(C)NCC(C)c1cccs1. The van der Waals surface area contributed by atoms with Gasteiger partial charge in [0, 0.05) is 23.4 Å². The lowest BCUT2D eigenvalue weighted by atomic mass is 10.0. The molecule has 92 valence electrons. The Labute approximate surface area is 104 Å². The van der Waals surface area contributed by atoms with Crippen LogP contribution in [-0.4, -0.2) is 12.6 Å². The standard InChI is InChI=1S/C14H25NS/c1-11(2)7-8-13(4)15-10-12(3)14-6-5-9-16-14/h5-6,9,11-13,15H,7-8,10H2,1-4H3. The van der Waals surface area contributed by atoms with E-state index in [9.17, 15) is 0 Å². The number of nitrogens with one attached hydrogen (secondary N) is 1. The van der Waals surface area contributed by atoms with Gasteiger partial charge < -0.3 is 5.32 Å². The molecule has 0 saturated carbocycles. The molecule has 2 heteroatoms. The Morgan fingerprint density at radius 3 is 2.50 bits per heavy atom. The predicted octanol–water partition coefficient (Wildman–Crippen LogP) is 4.27. The summed E-state index contributed by atoms with van der Waals surface area (Å²) < 4.78 is 0. The van der Waals surface area contributed by atoms with Gasteiger partial charge >= 0.3 is 0 Å². The Morgan fingerprint density at radius 1 is 1.19 bits per heavy atom. The molecule has 0 aliphatic carbocycles. The van der Waals surface area contributed by atoms with Crippen molar-refractivity contribution in [2.24, 2.45) is 5.92 Å². The lowest BCUT2D eigenvalue weighted by Crippen LogP contribution is -2.29. The zero-order chi connectivity index (χ0) is 12.0. The van der Waals surface area contributed by atoms with Crippen molar-refractivity contribution in [3.63, 3.8) is 0 Å². The summed E-state index contributed by atoms with van der Waals surface area (Å²) in [7, 11) is 0. The molecule has 1 N–H and O–H groups in total. The molecule has 0 saturated heterocycles. The molecule has 2 unspecified atom stereocenters. The highest BCUT2D eigenvalue weighted by atomic mass is 32.1. The molecule has 16 heavy (non-hydrogen) atoms. The van der Waals surface area contributed by atoms with Gasteiger partial charge in [0.2, 0.25) is 0 Å². The van der Waals surface area contributed by atoms with Crippen molar-refractivity contribution < 1.29 is 0 Å². The topological polar surface area (TPSA) is 12.0 Å². The first kappa shape index (κ1) is 13.7. The molecular weight excluding hydrogens is 214 g/mol. The Hall–Kier alpha value is -0.340. The molecule has 1 aromatic rings. The average Bonchev–Trinajstić information content (AvgIpc) is 2.76. The second-order valence-corrected chi connectivity index (χ2v) is 6.18. The van der Waals surface area contributed by atoms with Gasteiger partial charge in [0.1, 0.15) is 0 Å². The van der Waals surface area contributed by atoms with Gasteiger partial charge in [-0.2, -0.15) is 0 Å². The van der Waals surface area contributed by atoms with E-state index < -0.39 is 0 Å². The van der Waals surface area contributed by atoms with Crippen molar-refractivity contribution in [3.8, 4) is 0 Å². The molecule has 2 atom stereocenters. The fourth-order valence-corrected chi connectivity index (χ4v) is 2.52. The fourth-order valence-electron chi connectivity index (χ4n) is 1.74. The zero-order valence-electron chi connectivity index (χ0n) is 11.0. The molecule has 1 heterocycles. The second kappa shape index (κ2) is 7.08. The van der Waals surface area contributed by atoms with E-state index in [1.807, 2.05) is 11.3 Å². The van der Waals surface area contributed by atoms with E-state index in [0.29, 0.717) is 12.0 Å². The number of hydrogen-bond donors (Lipinski definition) is 1. The van der Waals surface area contributed by atoms with E-state index in [-0.39, 0.29) is 0 Å². The lowest BCUT2D eigenvalue weighted by Gasteiger charge is -2.17. The average molecular weight is 239 g/mol. The van der Waals surface area contributed by atoms with Crippen LogP contribution >= 0.6 is 11.3 Å². The van der Waals surface area contributed by atoms with Crippen molar-refractivity contribution in [1.82, 2.24) is 5.32 Å². The third-order valence-corrected chi connectivity index (χ3v) is 4.08. The summed E-state index contributed by atoms with van der Waals surface area (Å²) in [6.45, 7) is 10.3.